The van der Waals surface area contributed by atoms with Gasteiger partial charge in [0.2, 0.25) is 0 Å². The first-order valence-corrected chi connectivity index (χ1v) is 10.5. The number of carbonyl (C=O) groups is 1. The maximum atomic E-state index is 12.8. The van der Waals surface area contributed by atoms with Gasteiger partial charge in [0.1, 0.15) is 0 Å². The van der Waals surface area contributed by atoms with E-state index in [0.717, 1.165) is 22.2 Å². The standard InChI is InChI=1S/C21H15BrF3NO2S/c22-17-6-10-19(11-7-17)29(28)13-14-4-8-18(9-5-14)26-20(27)15-2-1-3-16(12-15)21(23,24)25/h1-12H,13H2,(H,26,27)/t29-/m1/s1. The fourth-order valence-electron chi connectivity index (χ4n) is 2.55. The van der Waals surface area contributed by atoms with Gasteiger partial charge in [-0.1, -0.05) is 34.1 Å². The summed E-state index contributed by atoms with van der Waals surface area (Å²) in [6, 6.07) is 18.1. The Morgan fingerprint density at radius 1 is 0.966 bits per heavy atom. The molecule has 0 radical (unpaired) electrons. The summed E-state index contributed by atoms with van der Waals surface area (Å²) >= 11 is 3.33. The predicted molar refractivity (Wildman–Crippen MR) is 110 cm³/mol. The molecule has 150 valence electrons. The molecule has 0 bridgehead atoms. The summed E-state index contributed by atoms with van der Waals surface area (Å²) in [6.07, 6.45) is -4.51. The highest BCUT2D eigenvalue weighted by Gasteiger charge is 2.30. The Morgan fingerprint density at radius 2 is 1.62 bits per heavy atom. The molecule has 0 aliphatic carbocycles. The topological polar surface area (TPSA) is 46.2 Å². The number of alkyl halides is 3. The van der Waals surface area contributed by atoms with Crippen LogP contribution in [-0.4, -0.2) is 10.1 Å². The van der Waals surface area contributed by atoms with Gasteiger partial charge in [0.15, 0.2) is 0 Å². The molecule has 0 heterocycles. The number of hydrogen-bond donors (Lipinski definition) is 1. The van der Waals surface area contributed by atoms with Gasteiger partial charge in [-0.15, -0.1) is 0 Å². The number of carbonyl (C=O) groups excluding carboxylic acids is 1. The summed E-state index contributed by atoms with van der Waals surface area (Å²) in [7, 11) is -1.22. The van der Waals surface area contributed by atoms with Gasteiger partial charge < -0.3 is 5.32 Å². The van der Waals surface area contributed by atoms with Crippen LogP contribution in [0, 0.1) is 0 Å². The van der Waals surface area contributed by atoms with Gasteiger partial charge in [-0.05, 0) is 60.2 Å². The van der Waals surface area contributed by atoms with Crippen molar-refractivity contribution in [2.75, 3.05) is 5.32 Å². The smallest absolute Gasteiger partial charge is 0.322 e. The van der Waals surface area contributed by atoms with E-state index in [1.165, 1.54) is 12.1 Å². The van der Waals surface area contributed by atoms with Crippen LogP contribution in [0.3, 0.4) is 0 Å². The van der Waals surface area contributed by atoms with Crippen LogP contribution in [0.1, 0.15) is 21.5 Å². The van der Waals surface area contributed by atoms with Crippen molar-refractivity contribution in [3.63, 3.8) is 0 Å². The second-order valence-corrected chi connectivity index (χ2v) is 8.54. The average molecular weight is 482 g/mol. The van der Waals surface area contributed by atoms with Crippen LogP contribution in [0.25, 0.3) is 0 Å². The molecule has 3 aromatic carbocycles. The van der Waals surface area contributed by atoms with Crippen molar-refractivity contribution in [2.45, 2.75) is 16.8 Å². The van der Waals surface area contributed by atoms with E-state index in [4.69, 9.17) is 0 Å². The molecule has 1 atom stereocenters. The molecular formula is C21H15BrF3NO2S. The minimum atomic E-state index is -4.51. The zero-order valence-electron chi connectivity index (χ0n) is 14.9. The Hall–Kier alpha value is -2.45. The van der Waals surface area contributed by atoms with Crippen molar-refractivity contribution in [2.24, 2.45) is 0 Å². The highest BCUT2D eigenvalue weighted by atomic mass is 79.9. The lowest BCUT2D eigenvalue weighted by Gasteiger charge is -2.10. The molecule has 8 heteroatoms. The number of hydrogen-bond acceptors (Lipinski definition) is 2. The van der Waals surface area contributed by atoms with Crippen LogP contribution in [0.5, 0.6) is 0 Å². The molecule has 3 nitrogen and oxygen atoms in total. The van der Waals surface area contributed by atoms with E-state index in [-0.39, 0.29) is 5.56 Å². The van der Waals surface area contributed by atoms with Crippen LogP contribution >= 0.6 is 15.9 Å². The molecule has 0 unspecified atom stereocenters. The van der Waals surface area contributed by atoms with E-state index in [9.17, 15) is 22.2 Å². The minimum absolute atomic E-state index is 0.0831. The first-order valence-electron chi connectivity index (χ1n) is 8.44. The summed E-state index contributed by atoms with van der Waals surface area (Å²) in [4.78, 5) is 12.9. The molecule has 0 spiro atoms. The van der Waals surface area contributed by atoms with Crippen LogP contribution in [0.15, 0.2) is 82.2 Å². The number of rotatable bonds is 5. The monoisotopic (exact) mass is 481 g/mol. The molecule has 0 saturated heterocycles. The first kappa shape index (κ1) is 21.3. The lowest BCUT2D eigenvalue weighted by molar-refractivity contribution is -0.137. The molecule has 0 aliphatic rings. The number of halogens is 4. The highest BCUT2D eigenvalue weighted by molar-refractivity contribution is 9.10. The van der Waals surface area contributed by atoms with E-state index in [1.54, 1.807) is 36.4 Å². The molecule has 0 aromatic heterocycles. The van der Waals surface area contributed by atoms with E-state index < -0.39 is 28.4 Å². The highest BCUT2D eigenvalue weighted by Crippen LogP contribution is 2.29. The quantitative estimate of drug-likeness (QED) is 0.483. The number of anilines is 1. The SMILES string of the molecule is O=C(Nc1ccc(C[S@@](=O)c2ccc(Br)cc2)cc1)c1cccc(C(F)(F)F)c1. The maximum Gasteiger partial charge on any atom is 0.416 e. The molecule has 1 N–H and O–H groups in total. The van der Waals surface area contributed by atoms with Gasteiger partial charge in [-0.25, -0.2) is 0 Å². The average Bonchev–Trinajstić information content (AvgIpc) is 2.69. The van der Waals surface area contributed by atoms with E-state index >= 15 is 0 Å². The zero-order chi connectivity index (χ0) is 21.0. The molecule has 0 aliphatic heterocycles. The summed E-state index contributed by atoms with van der Waals surface area (Å²) in [5, 5.41) is 2.57. The fourth-order valence-corrected chi connectivity index (χ4v) is 3.91. The summed E-state index contributed by atoms with van der Waals surface area (Å²) in [5.74, 6) is -0.328. The molecule has 3 rings (SSSR count). The predicted octanol–water partition coefficient (Wildman–Crippen LogP) is 6.03. The van der Waals surface area contributed by atoms with Gasteiger partial charge in [-0.2, -0.15) is 13.2 Å². The Labute approximate surface area is 176 Å². The normalized spacial score (nSPS) is 12.4. The number of amides is 1. The Morgan fingerprint density at radius 3 is 2.24 bits per heavy atom. The Kier molecular flexibility index (Phi) is 6.54. The van der Waals surface area contributed by atoms with E-state index in [0.29, 0.717) is 16.3 Å². The van der Waals surface area contributed by atoms with Gasteiger partial charge in [-0.3, -0.25) is 9.00 Å². The third-order valence-corrected chi connectivity index (χ3v) is 5.96. The third kappa shape index (κ3) is 5.77. The zero-order valence-corrected chi connectivity index (χ0v) is 17.3. The van der Waals surface area contributed by atoms with Crippen molar-refractivity contribution in [3.05, 3.63) is 94.0 Å². The Balaban J connectivity index is 1.65. The van der Waals surface area contributed by atoms with Crippen LogP contribution < -0.4 is 5.32 Å². The van der Waals surface area contributed by atoms with Gasteiger partial charge in [0.05, 0.1) is 22.1 Å². The first-order chi connectivity index (χ1) is 13.7. The fraction of sp³-hybridized carbons (Fsp3) is 0.0952. The van der Waals surface area contributed by atoms with Gasteiger partial charge >= 0.3 is 6.18 Å². The maximum absolute atomic E-state index is 12.8. The van der Waals surface area contributed by atoms with Crippen molar-refractivity contribution in [3.8, 4) is 0 Å². The minimum Gasteiger partial charge on any atom is -0.322 e. The molecule has 3 aromatic rings. The number of benzene rings is 3. The van der Waals surface area contributed by atoms with E-state index in [2.05, 4.69) is 21.2 Å². The van der Waals surface area contributed by atoms with Crippen molar-refractivity contribution in [1.29, 1.82) is 0 Å². The molecular weight excluding hydrogens is 467 g/mol. The van der Waals surface area contributed by atoms with Crippen LogP contribution in [0.4, 0.5) is 18.9 Å². The van der Waals surface area contributed by atoms with E-state index in [1.807, 2.05) is 12.1 Å². The molecule has 1 amide bonds. The summed E-state index contributed by atoms with van der Waals surface area (Å²) in [5.41, 5.74) is 0.282. The molecule has 29 heavy (non-hydrogen) atoms. The summed E-state index contributed by atoms with van der Waals surface area (Å²) < 4.78 is 51.7. The van der Waals surface area contributed by atoms with Gasteiger partial charge in [0.25, 0.3) is 5.91 Å². The second-order valence-electron chi connectivity index (χ2n) is 6.17. The van der Waals surface area contributed by atoms with Crippen molar-refractivity contribution in [1.82, 2.24) is 0 Å². The second kappa shape index (κ2) is 8.92. The molecule has 0 saturated carbocycles. The van der Waals surface area contributed by atoms with Crippen LogP contribution in [0.2, 0.25) is 0 Å². The number of nitrogens with one attached hydrogen (secondary N) is 1. The summed E-state index contributed by atoms with van der Waals surface area (Å²) in [6.45, 7) is 0. The molecule has 0 fully saturated rings. The third-order valence-electron chi connectivity index (χ3n) is 4.04. The largest absolute Gasteiger partial charge is 0.416 e. The lowest BCUT2D eigenvalue weighted by Crippen LogP contribution is -2.14. The Bertz CT molecular complexity index is 1040. The van der Waals surface area contributed by atoms with Crippen molar-refractivity contribution >= 4 is 38.3 Å². The van der Waals surface area contributed by atoms with Crippen molar-refractivity contribution < 1.29 is 22.2 Å². The lowest BCUT2D eigenvalue weighted by atomic mass is 10.1. The van der Waals surface area contributed by atoms with Crippen LogP contribution in [-0.2, 0) is 22.7 Å². The van der Waals surface area contributed by atoms with Gasteiger partial charge in [0, 0.05) is 20.6 Å².